The Bertz CT molecular complexity index is 477. The molecule has 0 saturated heterocycles. The summed E-state index contributed by atoms with van der Waals surface area (Å²) in [6.45, 7) is 3.01. The van der Waals surface area contributed by atoms with E-state index in [2.05, 4.69) is 24.9 Å². The van der Waals surface area contributed by atoms with Crippen molar-refractivity contribution >= 4 is 0 Å². The van der Waals surface area contributed by atoms with Gasteiger partial charge in [-0.05, 0) is 49.9 Å². The quantitative estimate of drug-likeness (QED) is 0.804. The van der Waals surface area contributed by atoms with Gasteiger partial charge in [0, 0.05) is 12.6 Å². The Morgan fingerprint density at radius 2 is 2.00 bits per heavy atom. The molecule has 1 aromatic rings. The summed E-state index contributed by atoms with van der Waals surface area (Å²) < 4.78 is 13.0. The number of rotatable bonds is 5. The molecule has 0 aromatic heterocycles. The van der Waals surface area contributed by atoms with Crippen LogP contribution in [0.25, 0.3) is 0 Å². The summed E-state index contributed by atoms with van der Waals surface area (Å²) in [6, 6.07) is 9.49. The van der Waals surface area contributed by atoms with Crippen LogP contribution in [0, 0.1) is 29.0 Å². The molecule has 0 heterocycles. The first-order chi connectivity index (χ1) is 10.1. The largest absolute Gasteiger partial charge is 0.298 e. The van der Waals surface area contributed by atoms with Gasteiger partial charge in [0.25, 0.3) is 0 Å². The average Bonchev–Trinajstić information content (AvgIpc) is 2.50. The molecule has 3 unspecified atom stereocenters. The van der Waals surface area contributed by atoms with Crippen molar-refractivity contribution in [2.24, 2.45) is 11.8 Å². The van der Waals surface area contributed by atoms with Gasteiger partial charge in [-0.15, -0.1) is 0 Å². The van der Waals surface area contributed by atoms with E-state index in [4.69, 9.17) is 0 Å². The zero-order valence-corrected chi connectivity index (χ0v) is 13.1. The Morgan fingerprint density at radius 3 is 2.62 bits per heavy atom. The van der Waals surface area contributed by atoms with E-state index in [1.165, 1.54) is 31.4 Å². The minimum Gasteiger partial charge on any atom is -0.298 e. The van der Waals surface area contributed by atoms with Crippen LogP contribution in [0.5, 0.6) is 0 Å². The van der Waals surface area contributed by atoms with Gasteiger partial charge in [0.15, 0.2) is 0 Å². The lowest BCUT2D eigenvalue weighted by molar-refractivity contribution is 0.116. The van der Waals surface area contributed by atoms with Crippen molar-refractivity contribution in [1.82, 2.24) is 4.90 Å². The van der Waals surface area contributed by atoms with Crippen molar-refractivity contribution in [1.29, 1.82) is 5.26 Å². The van der Waals surface area contributed by atoms with Gasteiger partial charge >= 0.3 is 0 Å². The number of nitriles is 1. The molecule has 3 atom stereocenters. The molecule has 0 bridgehead atoms. The second-order valence-corrected chi connectivity index (χ2v) is 6.31. The van der Waals surface area contributed by atoms with Gasteiger partial charge in [0.2, 0.25) is 0 Å². The summed E-state index contributed by atoms with van der Waals surface area (Å²) >= 11 is 0. The number of hydrogen-bond donors (Lipinski definition) is 0. The predicted octanol–water partition coefficient (Wildman–Crippen LogP) is 4.37. The molecule has 1 fully saturated rings. The van der Waals surface area contributed by atoms with E-state index in [1.807, 2.05) is 12.1 Å². The van der Waals surface area contributed by atoms with Gasteiger partial charge in [0.05, 0.1) is 12.0 Å². The van der Waals surface area contributed by atoms with Crippen molar-refractivity contribution in [3.05, 3.63) is 35.6 Å². The highest BCUT2D eigenvalue weighted by Crippen LogP contribution is 2.34. The number of halogens is 1. The molecule has 1 aromatic carbocycles. The first kappa shape index (κ1) is 16.0. The van der Waals surface area contributed by atoms with Crippen LogP contribution >= 0.6 is 0 Å². The summed E-state index contributed by atoms with van der Waals surface area (Å²) in [7, 11) is 2.09. The summed E-state index contributed by atoms with van der Waals surface area (Å²) in [6.07, 6.45) is 5.80. The summed E-state index contributed by atoms with van der Waals surface area (Å²) in [5.74, 6) is 0.681. The highest BCUT2D eigenvalue weighted by molar-refractivity contribution is 5.16. The van der Waals surface area contributed by atoms with Crippen molar-refractivity contribution in [2.75, 3.05) is 7.05 Å². The summed E-state index contributed by atoms with van der Waals surface area (Å²) in [5, 5.41) is 9.40. The third kappa shape index (κ3) is 4.28. The van der Waals surface area contributed by atoms with Crippen molar-refractivity contribution in [3.63, 3.8) is 0 Å². The second kappa shape index (κ2) is 7.56. The molecule has 1 aliphatic carbocycles. The van der Waals surface area contributed by atoms with E-state index in [1.54, 1.807) is 0 Å². The van der Waals surface area contributed by atoms with E-state index in [0.29, 0.717) is 6.04 Å². The lowest BCUT2D eigenvalue weighted by Crippen LogP contribution is -2.41. The molecule has 1 aliphatic rings. The van der Waals surface area contributed by atoms with E-state index < -0.39 is 0 Å². The Hall–Kier alpha value is -1.40. The molecule has 1 saturated carbocycles. The van der Waals surface area contributed by atoms with E-state index in [-0.39, 0.29) is 11.7 Å². The smallest absolute Gasteiger partial charge is 0.123 e. The van der Waals surface area contributed by atoms with Gasteiger partial charge in [-0.2, -0.15) is 5.26 Å². The van der Waals surface area contributed by atoms with Gasteiger partial charge in [0.1, 0.15) is 5.82 Å². The predicted molar refractivity (Wildman–Crippen MR) is 83.0 cm³/mol. The van der Waals surface area contributed by atoms with Crippen LogP contribution in [0.4, 0.5) is 4.39 Å². The minimum absolute atomic E-state index is 0.128. The van der Waals surface area contributed by atoms with Crippen molar-refractivity contribution in [2.45, 2.75) is 51.6 Å². The monoisotopic (exact) mass is 288 g/mol. The molecular weight excluding hydrogens is 263 g/mol. The lowest BCUT2D eigenvalue weighted by atomic mass is 9.76. The second-order valence-electron chi connectivity index (χ2n) is 6.31. The Kier molecular flexibility index (Phi) is 5.76. The van der Waals surface area contributed by atoms with E-state index >= 15 is 0 Å². The van der Waals surface area contributed by atoms with Crippen molar-refractivity contribution < 1.29 is 4.39 Å². The number of benzene rings is 1. The average molecular weight is 288 g/mol. The van der Waals surface area contributed by atoms with Crippen LogP contribution in [0.3, 0.4) is 0 Å². The zero-order valence-electron chi connectivity index (χ0n) is 13.1. The molecule has 2 rings (SSSR count). The highest BCUT2D eigenvalue weighted by atomic mass is 19.1. The number of nitrogens with zero attached hydrogens (tertiary/aromatic N) is 2. The highest BCUT2D eigenvalue weighted by Gasteiger charge is 2.32. The Morgan fingerprint density at radius 1 is 1.29 bits per heavy atom. The molecule has 114 valence electrons. The fourth-order valence-corrected chi connectivity index (χ4v) is 3.53. The molecule has 21 heavy (non-hydrogen) atoms. The normalized spacial score (nSPS) is 25.8. The molecule has 2 nitrogen and oxygen atoms in total. The maximum atomic E-state index is 13.0. The maximum absolute atomic E-state index is 13.0. The van der Waals surface area contributed by atoms with E-state index in [9.17, 15) is 9.65 Å². The van der Waals surface area contributed by atoms with Crippen LogP contribution < -0.4 is 0 Å². The Labute approximate surface area is 127 Å². The fraction of sp³-hybridized carbons (Fsp3) is 0.611. The summed E-state index contributed by atoms with van der Waals surface area (Å²) in [5.41, 5.74) is 1.10. The van der Waals surface area contributed by atoms with Crippen LogP contribution in [-0.4, -0.2) is 18.0 Å². The molecular formula is C18H25FN2. The standard InChI is InChI=1S/C18H25FN2/c1-3-4-14-5-8-16(12-20)18(11-14)21(2)13-15-6-9-17(19)10-7-15/h6-7,9-10,14,16,18H,3-5,8,11,13H2,1-2H3. The number of hydrogen-bond acceptors (Lipinski definition) is 2. The maximum Gasteiger partial charge on any atom is 0.123 e. The third-order valence-corrected chi connectivity index (χ3v) is 4.70. The molecule has 0 radical (unpaired) electrons. The van der Waals surface area contributed by atoms with Gasteiger partial charge in [-0.1, -0.05) is 31.9 Å². The van der Waals surface area contributed by atoms with Crippen LogP contribution in [0.1, 0.15) is 44.6 Å². The first-order valence-corrected chi connectivity index (χ1v) is 7.98. The lowest BCUT2D eigenvalue weighted by Gasteiger charge is -2.38. The van der Waals surface area contributed by atoms with Gasteiger partial charge < -0.3 is 0 Å². The molecule has 0 amide bonds. The molecule has 3 heteroatoms. The van der Waals surface area contributed by atoms with Crippen LogP contribution in [0.15, 0.2) is 24.3 Å². The van der Waals surface area contributed by atoms with Gasteiger partial charge in [-0.25, -0.2) is 4.39 Å². The van der Waals surface area contributed by atoms with Crippen molar-refractivity contribution in [3.8, 4) is 6.07 Å². The molecule has 0 aliphatic heterocycles. The first-order valence-electron chi connectivity index (χ1n) is 7.98. The third-order valence-electron chi connectivity index (χ3n) is 4.70. The van der Waals surface area contributed by atoms with Crippen LogP contribution in [-0.2, 0) is 6.54 Å². The van der Waals surface area contributed by atoms with Gasteiger partial charge in [-0.3, -0.25) is 4.90 Å². The van der Waals surface area contributed by atoms with E-state index in [0.717, 1.165) is 30.9 Å². The van der Waals surface area contributed by atoms with Crippen LogP contribution in [0.2, 0.25) is 0 Å². The minimum atomic E-state index is -0.197. The molecule has 0 N–H and O–H groups in total. The summed E-state index contributed by atoms with van der Waals surface area (Å²) in [4.78, 5) is 2.28. The Balaban J connectivity index is 2.01. The SMILES string of the molecule is CCCC1CCC(C#N)C(N(C)Cc2ccc(F)cc2)C1. The zero-order chi connectivity index (χ0) is 15.2. The molecule has 0 spiro atoms. The topological polar surface area (TPSA) is 27.0 Å². The fourth-order valence-electron chi connectivity index (χ4n) is 3.53.